The van der Waals surface area contributed by atoms with Gasteiger partial charge in [-0.1, -0.05) is 32.3 Å². The first-order valence-corrected chi connectivity index (χ1v) is 14.2. The van der Waals surface area contributed by atoms with E-state index in [1.165, 1.54) is 16.1 Å². The molecule has 0 atom stereocenters. The Morgan fingerprint density at radius 3 is 2.40 bits per heavy atom. The Hall–Kier alpha value is -2.42. The third kappa shape index (κ3) is 5.88. The minimum Gasteiger partial charge on any atom is -0.369 e. The minimum atomic E-state index is -3.65. The Morgan fingerprint density at radius 2 is 1.74 bits per heavy atom. The van der Waals surface area contributed by atoms with E-state index in [0.717, 1.165) is 70.4 Å². The molecule has 4 rings (SSSR count). The average Bonchev–Trinajstić information content (AvgIpc) is 2.89. The number of likely N-dealkylation sites (N-methyl/N-ethyl adjacent to an activating group) is 1. The summed E-state index contributed by atoms with van der Waals surface area (Å²) in [5, 5.41) is 2.94. The van der Waals surface area contributed by atoms with Gasteiger partial charge in [0, 0.05) is 56.2 Å². The van der Waals surface area contributed by atoms with Crippen molar-refractivity contribution in [2.45, 2.75) is 56.9 Å². The maximum absolute atomic E-state index is 13.2. The first kappa shape index (κ1) is 25.7. The van der Waals surface area contributed by atoms with E-state index in [2.05, 4.69) is 35.0 Å². The second-order valence-corrected chi connectivity index (χ2v) is 11.7. The summed E-state index contributed by atoms with van der Waals surface area (Å²) in [5.41, 5.74) is 3.34. The van der Waals surface area contributed by atoms with Gasteiger partial charge in [0.1, 0.15) is 0 Å². The van der Waals surface area contributed by atoms with Crippen LogP contribution < -0.4 is 10.2 Å². The van der Waals surface area contributed by atoms with Crippen LogP contribution in [0.4, 0.5) is 11.4 Å². The summed E-state index contributed by atoms with van der Waals surface area (Å²) in [6.45, 7) is 9.45. The standard InChI is InChI=1S/C27H38N4O3S/c1-4-30-15-17-31(18-16-30)26-14-13-23(19-21(26)2)28-27(32)22-9-8-12-25(20-22)35(33,34)29(3)24-10-6-5-7-11-24/h8-9,12-14,19-20,24H,4-7,10-11,15-18H2,1-3H3,(H,28,32). The number of sulfonamides is 1. The van der Waals surface area contributed by atoms with Gasteiger partial charge in [0.25, 0.3) is 5.91 Å². The SMILES string of the molecule is CCN1CCN(c2ccc(NC(=O)c3cccc(S(=O)(=O)N(C)C4CCCCC4)c3)cc2C)CC1. The van der Waals surface area contributed by atoms with Crippen LogP contribution in [0.25, 0.3) is 0 Å². The molecule has 2 aromatic rings. The van der Waals surface area contributed by atoms with Gasteiger partial charge in [0.05, 0.1) is 4.90 Å². The highest BCUT2D eigenvalue weighted by Crippen LogP contribution is 2.28. The highest BCUT2D eigenvalue weighted by Gasteiger charge is 2.29. The fourth-order valence-electron chi connectivity index (χ4n) is 5.20. The molecule has 0 radical (unpaired) electrons. The Balaban J connectivity index is 1.45. The predicted octanol–water partition coefficient (Wildman–Crippen LogP) is 4.34. The van der Waals surface area contributed by atoms with Gasteiger partial charge < -0.3 is 15.1 Å². The van der Waals surface area contributed by atoms with Crippen LogP contribution in [0.3, 0.4) is 0 Å². The molecule has 1 aliphatic carbocycles. The molecule has 0 bridgehead atoms. The summed E-state index contributed by atoms with van der Waals surface area (Å²) in [4.78, 5) is 18.0. The van der Waals surface area contributed by atoms with Crippen molar-refractivity contribution in [3.63, 3.8) is 0 Å². The summed E-state index contributed by atoms with van der Waals surface area (Å²) >= 11 is 0. The quantitative estimate of drug-likeness (QED) is 0.615. The highest BCUT2D eigenvalue weighted by molar-refractivity contribution is 7.89. The molecule has 1 heterocycles. The van der Waals surface area contributed by atoms with Gasteiger partial charge >= 0.3 is 0 Å². The van der Waals surface area contributed by atoms with Crippen molar-refractivity contribution in [2.24, 2.45) is 0 Å². The van der Waals surface area contributed by atoms with E-state index in [-0.39, 0.29) is 16.8 Å². The molecule has 2 fully saturated rings. The summed E-state index contributed by atoms with van der Waals surface area (Å²) in [5.74, 6) is -0.314. The number of carbonyl (C=O) groups excluding carboxylic acids is 1. The zero-order valence-electron chi connectivity index (χ0n) is 21.2. The number of anilines is 2. The zero-order valence-corrected chi connectivity index (χ0v) is 22.0. The molecule has 0 aromatic heterocycles. The molecule has 2 aliphatic rings. The molecular weight excluding hydrogens is 460 g/mol. The number of aryl methyl sites for hydroxylation is 1. The summed E-state index contributed by atoms with van der Waals surface area (Å²) in [6.07, 6.45) is 5.05. The Bertz CT molecular complexity index is 1140. The Kier molecular flexibility index (Phi) is 8.14. The molecule has 7 nitrogen and oxygen atoms in total. The summed E-state index contributed by atoms with van der Waals surface area (Å²) < 4.78 is 27.9. The van der Waals surface area contributed by atoms with Crippen molar-refractivity contribution in [3.8, 4) is 0 Å². The zero-order chi connectivity index (χ0) is 25.0. The number of benzene rings is 2. The molecule has 0 unspecified atom stereocenters. The normalized spacial score (nSPS) is 18.1. The molecule has 0 spiro atoms. The summed E-state index contributed by atoms with van der Waals surface area (Å²) in [6, 6.07) is 12.3. The minimum absolute atomic E-state index is 0.0256. The van der Waals surface area contributed by atoms with Crippen LogP contribution >= 0.6 is 0 Å². The van der Waals surface area contributed by atoms with Gasteiger partial charge in [-0.3, -0.25) is 4.79 Å². The van der Waals surface area contributed by atoms with Crippen LogP contribution in [0.1, 0.15) is 54.9 Å². The maximum atomic E-state index is 13.2. The monoisotopic (exact) mass is 498 g/mol. The summed E-state index contributed by atoms with van der Waals surface area (Å²) in [7, 11) is -2.00. The van der Waals surface area contributed by atoms with Crippen LogP contribution in [-0.2, 0) is 10.0 Å². The van der Waals surface area contributed by atoms with Crippen molar-refractivity contribution in [1.82, 2.24) is 9.21 Å². The molecule has 35 heavy (non-hydrogen) atoms. The molecule has 1 saturated heterocycles. The van der Waals surface area contributed by atoms with Crippen LogP contribution in [0.15, 0.2) is 47.4 Å². The molecule has 2 aromatic carbocycles. The fourth-order valence-corrected chi connectivity index (χ4v) is 6.66. The van der Waals surface area contributed by atoms with Crippen LogP contribution in [0, 0.1) is 6.92 Å². The van der Waals surface area contributed by atoms with Crippen LogP contribution in [0.5, 0.6) is 0 Å². The second-order valence-electron chi connectivity index (χ2n) is 9.72. The van der Waals surface area contributed by atoms with Crippen molar-refractivity contribution >= 4 is 27.3 Å². The van der Waals surface area contributed by atoms with Crippen molar-refractivity contribution in [2.75, 3.05) is 50.0 Å². The number of amides is 1. The maximum Gasteiger partial charge on any atom is 0.255 e. The van der Waals surface area contributed by atoms with Gasteiger partial charge in [-0.2, -0.15) is 4.31 Å². The van der Waals surface area contributed by atoms with Crippen molar-refractivity contribution in [3.05, 3.63) is 53.6 Å². The number of hydrogen-bond donors (Lipinski definition) is 1. The molecule has 1 aliphatic heterocycles. The lowest BCUT2D eigenvalue weighted by Gasteiger charge is -2.36. The molecule has 1 amide bonds. The first-order chi connectivity index (χ1) is 16.8. The van der Waals surface area contributed by atoms with E-state index in [4.69, 9.17) is 0 Å². The highest BCUT2D eigenvalue weighted by atomic mass is 32.2. The topological polar surface area (TPSA) is 73.0 Å². The number of nitrogens with one attached hydrogen (secondary N) is 1. The van der Waals surface area contributed by atoms with Gasteiger partial charge in [-0.25, -0.2) is 8.42 Å². The lowest BCUT2D eigenvalue weighted by atomic mass is 9.96. The third-order valence-electron chi connectivity index (χ3n) is 7.48. The van der Waals surface area contributed by atoms with E-state index in [1.54, 1.807) is 25.2 Å². The van der Waals surface area contributed by atoms with Gasteiger partial charge in [-0.05, 0) is 68.3 Å². The van der Waals surface area contributed by atoms with Crippen molar-refractivity contribution < 1.29 is 13.2 Å². The van der Waals surface area contributed by atoms with E-state index < -0.39 is 10.0 Å². The predicted molar refractivity (Wildman–Crippen MR) is 142 cm³/mol. The van der Waals surface area contributed by atoms with Gasteiger partial charge in [-0.15, -0.1) is 0 Å². The third-order valence-corrected chi connectivity index (χ3v) is 9.38. The molecular formula is C27H38N4O3S. The molecule has 1 N–H and O–H groups in total. The fraction of sp³-hybridized carbons (Fsp3) is 0.519. The average molecular weight is 499 g/mol. The first-order valence-electron chi connectivity index (χ1n) is 12.8. The number of rotatable bonds is 7. The Morgan fingerprint density at radius 1 is 1.03 bits per heavy atom. The van der Waals surface area contributed by atoms with E-state index in [1.807, 2.05) is 12.1 Å². The van der Waals surface area contributed by atoms with Gasteiger partial charge in [0.2, 0.25) is 10.0 Å². The van der Waals surface area contributed by atoms with Crippen molar-refractivity contribution in [1.29, 1.82) is 0 Å². The number of nitrogens with zero attached hydrogens (tertiary/aromatic N) is 3. The number of piperazine rings is 1. The number of carbonyl (C=O) groups is 1. The van der Waals surface area contributed by atoms with Crippen LogP contribution in [-0.4, -0.2) is 69.3 Å². The Labute approximate surface area is 210 Å². The van der Waals surface area contributed by atoms with E-state index in [0.29, 0.717) is 11.3 Å². The van der Waals surface area contributed by atoms with Crippen LogP contribution in [0.2, 0.25) is 0 Å². The molecule has 190 valence electrons. The lowest BCUT2D eigenvalue weighted by Crippen LogP contribution is -2.46. The lowest BCUT2D eigenvalue weighted by molar-refractivity contribution is 0.102. The largest absolute Gasteiger partial charge is 0.369 e. The molecule has 8 heteroatoms. The van der Waals surface area contributed by atoms with Gasteiger partial charge in [0.15, 0.2) is 0 Å². The second kappa shape index (κ2) is 11.1. The molecule has 1 saturated carbocycles. The van der Waals surface area contributed by atoms with E-state index in [9.17, 15) is 13.2 Å². The van der Waals surface area contributed by atoms with E-state index >= 15 is 0 Å². The smallest absolute Gasteiger partial charge is 0.255 e. The number of hydrogen-bond acceptors (Lipinski definition) is 5.